The van der Waals surface area contributed by atoms with Gasteiger partial charge in [-0.2, -0.15) is 0 Å². The zero-order valence-electron chi connectivity index (χ0n) is 13.6. The number of anilines is 1. The fraction of sp³-hybridized carbons (Fsp3) is 0.211. The molecular formula is C19H15ClN2O4. The summed E-state index contributed by atoms with van der Waals surface area (Å²) in [5.41, 5.74) is 2.32. The lowest BCUT2D eigenvalue weighted by atomic mass is 9.76. The van der Waals surface area contributed by atoms with Gasteiger partial charge in [0.15, 0.2) is 0 Å². The number of rotatable bonds is 3. The second kappa shape index (κ2) is 6.14. The second-order valence-corrected chi connectivity index (χ2v) is 6.92. The van der Waals surface area contributed by atoms with Crippen molar-refractivity contribution in [3.05, 3.63) is 80.4 Å². The van der Waals surface area contributed by atoms with Gasteiger partial charge < -0.3 is 10.4 Å². The topological polar surface area (TPSA) is 92.5 Å². The van der Waals surface area contributed by atoms with E-state index in [1.165, 1.54) is 6.07 Å². The van der Waals surface area contributed by atoms with Crippen LogP contribution < -0.4 is 5.32 Å². The lowest BCUT2D eigenvalue weighted by molar-refractivity contribution is -0.384. The Hall–Kier alpha value is -2.86. The van der Waals surface area contributed by atoms with Crippen LogP contribution >= 0.6 is 11.6 Å². The van der Waals surface area contributed by atoms with Crippen LogP contribution in [0.3, 0.4) is 0 Å². The van der Waals surface area contributed by atoms with E-state index in [0.717, 1.165) is 12.0 Å². The lowest BCUT2D eigenvalue weighted by Crippen LogP contribution is -2.30. The Balaban J connectivity index is 1.86. The molecule has 4 rings (SSSR count). The number of non-ortho nitro benzene ring substituents is 1. The van der Waals surface area contributed by atoms with Crippen LogP contribution in [0.25, 0.3) is 0 Å². The average Bonchev–Trinajstić information content (AvgIpc) is 3.11. The van der Waals surface area contributed by atoms with Crippen molar-refractivity contribution in [3.8, 4) is 0 Å². The van der Waals surface area contributed by atoms with E-state index in [9.17, 15) is 20.0 Å². The Kier molecular flexibility index (Phi) is 3.92. The number of nitrogens with one attached hydrogen (secondary N) is 1. The molecule has 2 aliphatic rings. The number of carboxylic acid groups (broad SMARTS) is 1. The standard InChI is InChI=1S/C19H15ClN2O4/c20-16-9-10(22(25)26)8-15-11-6-3-7-12(11)17(21-18(15)16)13-4-1-2-5-14(13)19(23)24/h1-6,8-9,11-12,17,21H,7H2,(H,23,24)/t11-,12-,17-/m1/s1. The second-order valence-electron chi connectivity index (χ2n) is 6.52. The third-order valence-corrected chi connectivity index (χ3v) is 5.44. The first kappa shape index (κ1) is 16.6. The van der Waals surface area contributed by atoms with Gasteiger partial charge in [-0.05, 0) is 29.5 Å². The molecule has 0 unspecified atom stereocenters. The Bertz CT molecular complexity index is 957. The molecule has 2 aromatic rings. The number of carbonyl (C=O) groups is 1. The van der Waals surface area contributed by atoms with Gasteiger partial charge >= 0.3 is 5.97 Å². The number of nitro benzene ring substituents is 1. The molecule has 132 valence electrons. The lowest BCUT2D eigenvalue weighted by Gasteiger charge is -2.38. The molecule has 0 saturated carbocycles. The Morgan fingerprint density at radius 3 is 2.77 bits per heavy atom. The summed E-state index contributed by atoms with van der Waals surface area (Å²) < 4.78 is 0. The SMILES string of the molecule is O=C(O)c1ccccc1[C@@H]1Nc2c(Cl)cc([N+](=O)[O-])cc2[C@@H]2C=CC[C@H]21. The van der Waals surface area contributed by atoms with Crippen LogP contribution in [-0.4, -0.2) is 16.0 Å². The van der Waals surface area contributed by atoms with Gasteiger partial charge in [-0.15, -0.1) is 0 Å². The fourth-order valence-corrected chi connectivity index (χ4v) is 4.29. The normalized spacial score (nSPS) is 23.0. The van der Waals surface area contributed by atoms with Crippen LogP contribution in [0, 0.1) is 16.0 Å². The fourth-order valence-electron chi connectivity index (χ4n) is 4.02. The van der Waals surface area contributed by atoms with Crippen molar-refractivity contribution in [2.24, 2.45) is 5.92 Å². The van der Waals surface area contributed by atoms with Gasteiger partial charge in [0.1, 0.15) is 0 Å². The number of benzene rings is 2. The monoisotopic (exact) mass is 370 g/mol. The van der Waals surface area contributed by atoms with E-state index in [1.807, 2.05) is 18.2 Å². The Morgan fingerprint density at radius 2 is 2.04 bits per heavy atom. The van der Waals surface area contributed by atoms with Crippen molar-refractivity contribution in [2.45, 2.75) is 18.4 Å². The van der Waals surface area contributed by atoms with Gasteiger partial charge in [0.05, 0.1) is 27.2 Å². The highest BCUT2D eigenvalue weighted by Crippen LogP contribution is 2.52. The predicted molar refractivity (Wildman–Crippen MR) is 97.9 cm³/mol. The van der Waals surface area contributed by atoms with Crippen LogP contribution in [0.1, 0.15) is 39.9 Å². The molecule has 0 fully saturated rings. The summed E-state index contributed by atoms with van der Waals surface area (Å²) in [5.74, 6) is -0.956. The number of hydrogen-bond acceptors (Lipinski definition) is 4. The first-order valence-electron chi connectivity index (χ1n) is 8.20. The average molecular weight is 371 g/mol. The molecule has 0 radical (unpaired) electrons. The highest BCUT2D eigenvalue weighted by atomic mass is 35.5. The summed E-state index contributed by atoms with van der Waals surface area (Å²) in [5, 5.41) is 24.3. The molecule has 2 N–H and O–H groups in total. The van der Waals surface area contributed by atoms with Crippen LogP contribution in [0.15, 0.2) is 48.6 Å². The van der Waals surface area contributed by atoms with Gasteiger partial charge in [0.2, 0.25) is 0 Å². The molecule has 0 bridgehead atoms. The maximum Gasteiger partial charge on any atom is 0.336 e. The van der Waals surface area contributed by atoms with Crippen molar-refractivity contribution < 1.29 is 14.8 Å². The molecule has 26 heavy (non-hydrogen) atoms. The van der Waals surface area contributed by atoms with Gasteiger partial charge in [-0.3, -0.25) is 10.1 Å². The summed E-state index contributed by atoms with van der Waals surface area (Å²) in [6, 6.07) is 9.55. The zero-order chi connectivity index (χ0) is 18.4. The number of allylic oxidation sites excluding steroid dienone is 2. The number of carboxylic acids is 1. The molecule has 1 heterocycles. The third kappa shape index (κ3) is 2.54. The van der Waals surface area contributed by atoms with E-state index in [-0.39, 0.29) is 34.2 Å². The maximum atomic E-state index is 11.6. The molecule has 2 aromatic carbocycles. The number of aromatic carboxylic acids is 1. The molecule has 3 atom stereocenters. The van der Waals surface area contributed by atoms with Crippen LogP contribution in [-0.2, 0) is 0 Å². The molecule has 0 aromatic heterocycles. The summed E-state index contributed by atoms with van der Waals surface area (Å²) >= 11 is 6.33. The van der Waals surface area contributed by atoms with Gasteiger partial charge in [0, 0.05) is 18.1 Å². The largest absolute Gasteiger partial charge is 0.478 e. The van der Waals surface area contributed by atoms with Gasteiger partial charge in [0.25, 0.3) is 5.69 Å². The van der Waals surface area contributed by atoms with E-state index in [0.29, 0.717) is 11.3 Å². The number of nitrogens with zero attached hydrogens (tertiary/aromatic N) is 1. The molecule has 6 nitrogen and oxygen atoms in total. The van der Waals surface area contributed by atoms with Crippen molar-refractivity contribution in [1.29, 1.82) is 0 Å². The van der Waals surface area contributed by atoms with E-state index in [1.54, 1.807) is 24.3 Å². The number of halogens is 1. The minimum Gasteiger partial charge on any atom is -0.478 e. The maximum absolute atomic E-state index is 11.6. The van der Waals surface area contributed by atoms with E-state index in [4.69, 9.17) is 11.6 Å². The summed E-state index contributed by atoms with van der Waals surface area (Å²) in [7, 11) is 0. The summed E-state index contributed by atoms with van der Waals surface area (Å²) in [4.78, 5) is 22.4. The minimum absolute atomic E-state index is 0.0426. The van der Waals surface area contributed by atoms with Crippen LogP contribution in [0.4, 0.5) is 11.4 Å². The van der Waals surface area contributed by atoms with Gasteiger partial charge in [-0.1, -0.05) is 42.0 Å². The van der Waals surface area contributed by atoms with E-state index >= 15 is 0 Å². The van der Waals surface area contributed by atoms with E-state index < -0.39 is 10.9 Å². The van der Waals surface area contributed by atoms with Gasteiger partial charge in [-0.25, -0.2) is 4.79 Å². The third-order valence-electron chi connectivity index (χ3n) is 5.14. The van der Waals surface area contributed by atoms with Crippen LogP contribution in [0.2, 0.25) is 5.02 Å². The minimum atomic E-state index is -0.981. The van der Waals surface area contributed by atoms with E-state index in [2.05, 4.69) is 5.32 Å². The molecule has 0 amide bonds. The smallest absolute Gasteiger partial charge is 0.336 e. The molecular weight excluding hydrogens is 356 g/mol. The predicted octanol–water partition coefficient (Wildman–Crippen LogP) is 4.77. The Morgan fingerprint density at radius 1 is 1.27 bits per heavy atom. The molecule has 1 aliphatic carbocycles. The molecule has 0 saturated heterocycles. The van der Waals surface area contributed by atoms with Crippen molar-refractivity contribution in [3.63, 3.8) is 0 Å². The molecule has 1 aliphatic heterocycles. The van der Waals surface area contributed by atoms with Crippen molar-refractivity contribution >= 4 is 28.9 Å². The summed E-state index contributed by atoms with van der Waals surface area (Å²) in [6.07, 6.45) is 4.83. The van der Waals surface area contributed by atoms with Crippen molar-refractivity contribution in [2.75, 3.05) is 5.32 Å². The summed E-state index contributed by atoms with van der Waals surface area (Å²) in [6.45, 7) is 0. The first-order chi connectivity index (χ1) is 12.5. The highest BCUT2D eigenvalue weighted by Gasteiger charge is 2.40. The molecule has 7 heteroatoms. The highest BCUT2D eigenvalue weighted by molar-refractivity contribution is 6.33. The Labute approximate surface area is 154 Å². The molecule has 0 spiro atoms. The number of fused-ring (bicyclic) bond motifs is 3. The number of nitro groups is 1. The first-order valence-corrected chi connectivity index (χ1v) is 8.58. The van der Waals surface area contributed by atoms with Crippen molar-refractivity contribution in [1.82, 2.24) is 0 Å². The van der Waals surface area contributed by atoms with Crippen LogP contribution in [0.5, 0.6) is 0 Å². The quantitative estimate of drug-likeness (QED) is 0.461. The number of hydrogen-bond donors (Lipinski definition) is 2. The zero-order valence-corrected chi connectivity index (χ0v) is 14.3.